The topological polar surface area (TPSA) is 107 Å². The van der Waals surface area contributed by atoms with Crippen molar-refractivity contribution in [3.8, 4) is 0 Å². The van der Waals surface area contributed by atoms with Gasteiger partial charge in [0.1, 0.15) is 12.1 Å². The van der Waals surface area contributed by atoms with Gasteiger partial charge in [-0.05, 0) is 50.0 Å². The Labute approximate surface area is 171 Å². The molecule has 1 amide bonds. The number of benzene rings is 1. The van der Waals surface area contributed by atoms with Gasteiger partial charge in [-0.1, -0.05) is 43.2 Å². The highest BCUT2D eigenvalue weighted by Crippen LogP contribution is 2.40. The lowest BCUT2D eigenvalue weighted by molar-refractivity contribution is -0.151. The molecule has 7 nitrogen and oxygen atoms in total. The molecule has 158 valence electrons. The van der Waals surface area contributed by atoms with E-state index in [2.05, 4.69) is 5.32 Å². The van der Waals surface area contributed by atoms with Crippen molar-refractivity contribution in [1.29, 1.82) is 0 Å². The van der Waals surface area contributed by atoms with Crippen molar-refractivity contribution in [2.45, 2.75) is 63.6 Å². The fraction of sp³-hybridized carbons (Fsp3) is 0.591. The highest BCUT2D eigenvalue weighted by atomic mass is 16.4. The first-order valence-corrected chi connectivity index (χ1v) is 10.4. The van der Waals surface area contributed by atoms with E-state index >= 15 is 0 Å². The molecule has 3 rings (SSSR count). The van der Waals surface area contributed by atoms with Crippen molar-refractivity contribution >= 4 is 17.8 Å². The smallest absolute Gasteiger partial charge is 0.326 e. The molecule has 1 saturated carbocycles. The van der Waals surface area contributed by atoms with E-state index in [1.54, 1.807) is 6.92 Å². The van der Waals surface area contributed by atoms with Gasteiger partial charge < -0.3 is 15.1 Å². The standard InChI is InChI=1S/C22H30N2O5/c1-14(23-18(21(26)27)12-11-15-7-3-2-4-8-15)20(25)24-13-16-9-5-6-10-17(16)19(24)22(28)29/h2-4,7-8,14,16-19,23H,5-6,9-13H2,1H3,(H,26,27)(H,28,29). The van der Waals surface area contributed by atoms with E-state index in [0.717, 1.165) is 31.2 Å². The maximum atomic E-state index is 13.0. The second kappa shape index (κ2) is 9.39. The van der Waals surface area contributed by atoms with Crippen LogP contribution in [0.5, 0.6) is 0 Å². The summed E-state index contributed by atoms with van der Waals surface area (Å²) in [5, 5.41) is 22.2. The van der Waals surface area contributed by atoms with Crippen molar-refractivity contribution in [3.05, 3.63) is 35.9 Å². The third kappa shape index (κ3) is 4.96. The van der Waals surface area contributed by atoms with Crippen LogP contribution in [0.3, 0.4) is 0 Å². The number of amides is 1. The van der Waals surface area contributed by atoms with Crippen molar-refractivity contribution < 1.29 is 24.6 Å². The fourth-order valence-electron chi connectivity index (χ4n) is 4.88. The van der Waals surface area contributed by atoms with E-state index in [1.807, 2.05) is 30.3 Å². The molecule has 5 unspecified atom stereocenters. The maximum Gasteiger partial charge on any atom is 0.326 e. The average molecular weight is 402 g/mol. The van der Waals surface area contributed by atoms with Crippen molar-refractivity contribution in [2.24, 2.45) is 11.8 Å². The van der Waals surface area contributed by atoms with Gasteiger partial charge in [-0.15, -0.1) is 0 Å². The number of hydrogen-bond acceptors (Lipinski definition) is 4. The lowest BCUT2D eigenvalue weighted by Gasteiger charge is -2.29. The molecule has 2 aliphatic rings. The van der Waals surface area contributed by atoms with Crippen LogP contribution >= 0.6 is 0 Å². The molecule has 1 saturated heterocycles. The van der Waals surface area contributed by atoms with E-state index in [0.29, 0.717) is 19.4 Å². The molecule has 1 aromatic carbocycles. The summed E-state index contributed by atoms with van der Waals surface area (Å²) in [5.41, 5.74) is 1.04. The van der Waals surface area contributed by atoms with Gasteiger partial charge in [-0.2, -0.15) is 0 Å². The number of carboxylic acids is 2. The van der Waals surface area contributed by atoms with Crippen LogP contribution in [0, 0.1) is 11.8 Å². The summed E-state index contributed by atoms with van der Waals surface area (Å²) in [6.07, 6.45) is 4.80. The first-order valence-electron chi connectivity index (χ1n) is 10.4. The number of fused-ring (bicyclic) bond motifs is 1. The summed E-state index contributed by atoms with van der Waals surface area (Å²) in [5.74, 6) is -2.05. The van der Waals surface area contributed by atoms with E-state index in [9.17, 15) is 24.6 Å². The van der Waals surface area contributed by atoms with Gasteiger partial charge in [0.15, 0.2) is 0 Å². The molecule has 0 aromatic heterocycles. The monoisotopic (exact) mass is 402 g/mol. The Balaban J connectivity index is 1.64. The fourth-order valence-corrected chi connectivity index (χ4v) is 4.88. The third-order valence-corrected chi connectivity index (χ3v) is 6.36. The van der Waals surface area contributed by atoms with Gasteiger partial charge in [-0.25, -0.2) is 4.79 Å². The molecule has 1 heterocycles. The van der Waals surface area contributed by atoms with Crippen LogP contribution in [0.4, 0.5) is 0 Å². The van der Waals surface area contributed by atoms with Crippen LogP contribution in [-0.4, -0.2) is 57.6 Å². The molecule has 1 aliphatic heterocycles. The summed E-state index contributed by atoms with van der Waals surface area (Å²) in [4.78, 5) is 38.1. The molecule has 1 aromatic rings. The molecule has 5 atom stereocenters. The van der Waals surface area contributed by atoms with E-state index in [1.165, 1.54) is 4.90 Å². The lowest BCUT2D eigenvalue weighted by Crippen LogP contribution is -2.53. The minimum absolute atomic E-state index is 0.00533. The van der Waals surface area contributed by atoms with Crippen LogP contribution in [0.25, 0.3) is 0 Å². The zero-order valence-electron chi connectivity index (χ0n) is 16.8. The number of nitrogens with zero attached hydrogens (tertiary/aromatic N) is 1. The van der Waals surface area contributed by atoms with Crippen LogP contribution < -0.4 is 5.32 Å². The largest absolute Gasteiger partial charge is 0.480 e. The summed E-state index contributed by atoms with van der Waals surface area (Å²) in [6, 6.07) is 7.17. The van der Waals surface area contributed by atoms with Gasteiger partial charge in [-0.3, -0.25) is 14.9 Å². The number of rotatable bonds is 8. The number of hydrogen-bond donors (Lipinski definition) is 3. The van der Waals surface area contributed by atoms with E-state index in [4.69, 9.17) is 0 Å². The van der Waals surface area contributed by atoms with Crippen molar-refractivity contribution in [3.63, 3.8) is 0 Å². The van der Waals surface area contributed by atoms with Gasteiger partial charge in [0.2, 0.25) is 5.91 Å². The van der Waals surface area contributed by atoms with Gasteiger partial charge in [0.05, 0.1) is 6.04 Å². The van der Waals surface area contributed by atoms with Crippen LogP contribution in [0.1, 0.15) is 44.6 Å². The summed E-state index contributed by atoms with van der Waals surface area (Å²) >= 11 is 0. The zero-order chi connectivity index (χ0) is 21.0. The van der Waals surface area contributed by atoms with Gasteiger partial charge in [0.25, 0.3) is 0 Å². The Bertz CT molecular complexity index is 738. The number of carboxylic acid groups (broad SMARTS) is 2. The molecule has 0 spiro atoms. The van der Waals surface area contributed by atoms with E-state index in [-0.39, 0.29) is 17.7 Å². The Morgan fingerprint density at radius 2 is 1.83 bits per heavy atom. The minimum atomic E-state index is -1.01. The molecule has 7 heteroatoms. The Hall–Kier alpha value is -2.41. The summed E-state index contributed by atoms with van der Waals surface area (Å²) in [7, 11) is 0. The highest BCUT2D eigenvalue weighted by molar-refractivity contribution is 5.88. The number of aliphatic carboxylic acids is 2. The minimum Gasteiger partial charge on any atom is -0.480 e. The molecule has 0 radical (unpaired) electrons. The Morgan fingerprint density at radius 3 is 2.48 bits per heavy atom. The quantitative estimate of drug-likeness (QED) is 0.615. The molecular weight excluding hydrogens is 372 g/mol. The molecule has 2 fully saturated rings. The van der Waals surface area contributed by atoms with Crippen molar-refractivity contribution in [2.75, 3.05) is 6.54 Å². The van der Waals surface area contributed by atoms with Crippen LogP contribution in [-0.2, 0) is 20.8 Å². The maximum absolute atomic E-state index is 13.0. The van der Waals surface area contributed by atoms with Crippen LogP contribution in [0.2, 0.25) is 0 Å². The highest BCUT2D eigenvalue weighted by Gasteiger charge is 2.49. The number of carbonyl (C=O) groups is 3. The zero-order valence-corrected chi connectivity index (χ0v) is 16.8. The predicted molar refractivity (Wildman–Crippen MR) is 107 cm³/mol. The molecular formula is C22H30N2O5. The average Bonchev–Trinajstić information content (AvgIpc) is 3.10. The molecule has 29 heavy (non-hydrogen) atoms. The number of carbonyl (C=O) groups excluding carboxylic acids is 1. The molecule has 1 aliphatic carbocycles. The second-order valence-electron chi connectivity index (χ2n) is 8.29. The molecule has 0 bridgehead atoms. The normalized spacial score (nSPS) is 25.8. The Kier molecular flexibility index (Phi) is 6.90. The number of likely N-dealkylation sites (tertiary alicyclic amines) is 1. The first-order chi connectivity index (χ1) is 13.9. The summed E-state index contributed by atoms with van der Waals surface area (Å²) < 4.78 is 0. The third-order valence-electron chi connectivity index (χ3n) is 6.36. The van der Waals surface area contributed by atoms with Gasteiger partial charge >= 0.3 is 11.9 Å². The second-order valence-corrected chi connectivity index (χ2v) is 8.29. The number of aryl methyl sites for hydroxylation is 1. The summed E-state index contributed by atoms with van der Waals surface area (Å²) in [6.45, 7) is 2.08. The van der Waals surface area contributed by atoms with E-state index < -0.39 is 30.1 Å². The first kappa shape index (κ1) is 21.3. The van der Waals surface area contributed by atoms with Crippen molar-refractivity contribution in [1.82, 2.24) is 10.2 Å². The SMILES string of the molecule is CC(NC(CCc1ccccc1)C(=O)O)C(=O)N1CC2CCCCC2C1C(=O)O. The predicted octanol–water partition coefficient (Wildman–Crippen LogP) is 2.15. The lowest BCUT2D eigenvalue weighted by atomic mass is 9.78. The van der Waals surface area contributed by atoms with Gasteiger partial charge in [0, 0.05) is 6.54 Å². The van der Waals surface area contributed by atoms with Crippen LogP contribution in [0.15, 0.2) is 30.3 Å². The Morgan fingerprint density at radius 1 is 1.14 bits per heavy atom. The molecule has 3 N–H and O–H groups in total. The number of nitrogens with one attached hydrogen (secondary N) is 1.